The number of thiophene rings is 1. The van der Waals surface area contributed by atoms with Crippen LogP contribution in [-0.4, -0.2) is 68.3 Å². The minimum atomic E-state index is -0.303. The van der Waals surface area contributed by atoms with Crippen molar-refractivity contribution in [3.63, 3.8) is 0 Å². The highest BCUT2D eigenvalue weighted by atomic mass is 32.1. The Hall–Kier alpha value is -3.56. The van der Waals surface area contributed by atoms with Crippen molar-refractivity contribution in [1.82, 2.24) is 9.80 Å². The number of carbonyl (C=O) groups excluding carboxylic acids is 2. The molecule has 0 unspecified atom stereocenters. The lowest BCUT2D eigenvalue weighted by Crippen LogP contribution is -2.47. The summed E-state index contributed by atoms with van der Waals surface area (Å²) in [5.41, 5.74) is 2.94. The van der Waals surface area contributed by atoms with Gasteiger partial charge in [-0.1, -0.05) is 32.0 Å². The molecule has 226 valence electrons. The summed E-state index contributed by atoms with van der Waals surface area (Å²) in [5.74, 6) is 1.62. The molecule has 1 aliphatic heterocycles. The van der Waals surface area contributed by atoms with Gasteiger partial charge in [-0.2, -0.15) is 0 Å². The summed E-state index contributed by atoms with van der Waals surface area (Å²) in [6.45, 7) is 8.32. The number of rotatable bonds is 13. The molecule has 2 heterocycles. The molecule has 0 aliphatic carbocycles. The van der Waals surface area contributed by atoms with Crippen LogP contribution in [0.2, 0.25) is 0 Å². The van der Waals surface area contributed by atoms with Gasteiger partial charge in [0.15, 0.2) is 11.5 Å². The first kappa shape index (κ1) is 31.4. The van der Waals surface area contributed by atoms with Gasteiger partial charge >= 0.3 is 6.03 Å². The first-order chi connectivity index (χ1) is 20.2. The minimum absolute atomic E-state index is 0.0357. The molecule has 1 saturated heterocycles. The van der Waals surface area contributed by atoms with E-state index < -0.39 is 0 Å². The van der Waals surface area contributed by atoms with Gasteiger partial charge in [0.05, 0.1) is 26.9 Å². The van der Waals surface area contributed by atoms with Crippen LogP contribution in [0.3, 0.4) is 0 Å². The SMILES string of the molecule is COc1ccc(CCN(Cc2ccc(C)s2)C(=O)CN(C[C@H]2CCCO2)C(=O)Nc2ccc(C(C)C)cc2)cc1OC. The molecular formula is C33H43N3O5S. The normalized spacial score (nSPS) is 14.6. The lowest BCUT2D eigenvalue weighted by Gasteiger charge is -2.29. The van der Waals surface area contributed by atoms with Crippen molar-refractivity contribution in [2.24, 2.45) is 0 Å². The Balaban J connectivity index is 1.50. The number of benzene rings is 2. The Kier molecular flexibility index (Phi) is 11.3. The Morgan fingerprint density at radius 2 is 1.79 bits per heavy atom. The molecule has 3 amide bonds. The fourth-order valence-corrected chi connectivity index (χ4v) is 5.93. The number of anilines is 1. The quantitative estimate of drug-likeness (QED) is 0.245. The topological polar surface area (TPSA) is 80.3 Å². The van der Waals surface area contributed by atoms with Gasteiger partial charge in [-0.3, -0.25) is 4.79 Å². The summed E-state index contributed by atoms with van der Waals surface area (Å²) in [5, 5.41) is 3.00. The van der Waals surface area contributed by atoms with Crippen molar-refractivity contribution in [3.05, 3.63) is 75.5 Å². The molecule has 2 aromatic carbocycles. The number of urea groups is 1. The van der Waals surface area contributed by atoms with E-state index in [1.807, 2.05) is 47.4 Å². The molecule has 1 aromatic heterocycles. The second-order valence-electron chi connectivity index (χ2n) is 11.0. The van der Waals surface area contributed by atoms with Crippen LogP contribution in [0.4, 0.5) is 10.5 Å². The highest BCUT2D eigenvalue weighted by Gasteiger charge is 2.27. The Labute approximate surface area is 253 Å². The first-order valence-electron chi connectivity index (χ1n) is 14.6. The van der Waals surface area contributed by atoms with E-state index in [0.29, 0.717) is 55.8 Å². The van der Waals surface area contributed by atoms with Crippen molar-refractivity contribution in [2.45, 2.75) is 58.6 Å². The van der Waals surface area contributed by atoms with Gasteiger partial charge in [0.25, 0.3) is 0 Å². The van der Waals surface area contributed by atoms with E-state index in [2.05, 4.69) is 38.2 Å². The maximum Gasteiger partial charge on any atom is 0.322 e. The molecule has 4 rings (SSSR count). The third-order valence-electron chi connectivity index (χ3n) is 7.50. The molecule has 1 N–H and O–H groups in total. The van der Waals surface area contributed by atoms with Gasteiger partial charge < -0.3 is 29.3 Å². The average Bonchev–Trinajstić information content (AvgIpc) is 3.66. The second-order valence-corrected chi connectivity index (χ2v) is 12.4. The lowest BCUT2D eigenvalue weighted by atomic mass is 10.0. The van der Waals surface area contributed by atoms with E-state index in [0.717, 1.165) is 23.3 Å². The zero-order valence-corrected chi connectivity index (χ0v) is 26.2. The van der Waals surface area contributed by atoms with E-state index in [1.54, 1.807) is 30.5 Å². The molecule has 1 fully saturated rings. The molecule has 42 heavy (non-hydrogen) atoms. The van der Waals surface area contributed by atoms with Gasteiger partial charge in [0.1, 0.15) is 6.54 Å². The van der Waals surface area contributed by atoms with Crippen LogP contribution in [0.25, 0.3) is 0 Å². The van der Waals surface area contributed by atoms with Crippen LogP contribution in [0, 0.1) is 6.92 Å². The standard InChI is InChI=1S/C33H43N3O5S/c1-23(2)26-10-12-27(13-11-26)34-33(38)36(20-28-7-6-18-41-28)22-32(37)35(21-29-14-8-24(3)42-29)17-16-25-9-15-30(39-4)31(19-25)40-5/h8-15,19,23,28H,6-7,16-18,20-22H2,1-5H3,(H,34,38)/t28-/m1/s1. The molecule has 8 nitrogen and oxygen atoms in total. The lowest BCUT2D eigenvalue weighted by molar-refractivity contribution is -0.132. The maximum absolute atomic E-state index is 13.9. The van der Waals surface area contributed by atoms with Gasteiger partial charge in [-0.05, 0) is 79.6 Å². The molecular weight excluding hydrogens is 550 g/mol. The summed E-state index contributed by atoms with van der Waals surface area (Å²) >= 11 is 1.68. The van der Waals surface area contributed by atoms with Crippen LogP contribution in [0.15, 0.2) is 54.6 Å². The fourth-order valence-electron chi connectivity index (χ4n) is 5.02. The van der Waals surface area contributed by atoms with E-state index in [9.17, 15) is 9.59 Å². The first-order valence-corrected chi connectivity index (χ1v) is 15.4. The zero-order chi connectivity index (χ0) is 30.1. The summed E-state index contributed by atoms with van der Waals surface area (Å²) in [4.78, 5) is 33.1. The van der Waals surface area contributed by atoms with Crippen molar-refractivity contribution in [2.75, 3.05) is 45.8 Å². The number of aryl methyl sites for hydroxylation is 1. The van der Waals surface area contributed by atoms with E-state index in [4.69, 9.17) is 14.2 Å². The van der Waals surface area contributed by atoms with Crippen LogP contribution < -0.4 is 14.8 Å². The monoisotopic (exact) mass is 593 g/mol. The average molecular weight is 594 g/mol. The van der Waals surface area contributed by atoms with E-state index in [1.165, 1.54) is 10.4 Å². The smallest absolute Gasteiger partial charge is 0.322 e. The predicted molar refractivity (Wildman–Crippen MR) is 168 cm³/mol. The third-order valence-corrected chi connectivity index (χ3v) is 8.49. The minimum Gasteiger partial charge on any atom is -0.493 e. The number of nitrogens with zero attached hydrogens (tertiary/aromatic N) is 2. The highest BCUT2D eigenvalue weighted by Crippen LogP contribution is 2.28. The van der Waals surface area contributed by atoms with Gasteiger partial charge in [-0.15, -0.1) is 11.3 Å². The van der Waals surface area contributed by atoms with Gasteiger partial charge in [-0.25, -0.2) is 4.79 Å². The second kappa shape index (κ2) is 15.1. The Morgan fingerprint density at radius 1 is 1.02 bits per heavy atom. The number of methoxy groups -OCH3 is 2. The molecule has 0 bridgehead atoms. The number of nitrogens with one attached hydrogen (secondary N) is 1. The Bertz CT molecular complexity index is 1320. The van der Waals surface area contributed by atoms with Crippen LogP contribution >= 0.6 is 11.3 Å². The predicted octanol–water partition coefficient (Wildman–Crippen LogP) is 6.48. The molecule has 1 atom stereocenters. The molecule has 1 aliphatic rings. The third kappa shape index (κ3) is 8.72. The van der Waals surface area contributed by atoms with Gasteiger partial charge in [0.2, 0.25) is 5.91 Å². The molecule has 0 spiro atoms. The summed E-state index contributed by atoms with van der Waals surface area (Å²) in [6.07, 6.45) is 2.39. The van der Waals surface area contributed by atoms with Crippen LogP contribution in [0.5, 0.6) is 11.5 Å². The van der Waals surface area contributed by atoms with Crippen molar-refractivity contribution >= 4 is 29.0 Å². The van der Waals surface area contributed by atoms with E-state index in [-0.39, 0.29) is 24.6 Å². The molecule has 3 aromatic rings. The number of hydrogen-bond donors (Lipinski definition) is 1. The number of hydrogen-bond acceptors (Lipinski definition) is 6. The molecule has 0 radical (unpaired) electrons. The number of carbonyl (C=O) groups is 2. The van der Waals surface area contributed by atoms with Crippen LogP contribution in [0.1, 0.15) is 53.5 Å². The molecule has 0 saturated carbocycles. The summed E-state index contributed by atoms with van der Waals surface area (Å²) in [6, 6.07) is 17.5. The molecule has 9 heteroatoms. The number of amides is 3. The van der Waals surface area contributed by atoms with Crippen molar-refractivity contribution < 1.29 is 23.8 Å². The van der Waals surface area contributed by atoms with Crippen molar-refractivity contribution in [3.8, 4) is 11.5 Å². The van der Waals surface area contributed by atoms with Crippen molar-refractivity contribution in [1.29, 1.82) is 0 Å². The van der Waals surface area contributed by atoms with E-state index >= 15 is 0 Å². The summed E-state index contributed by atoms with van der Waals surface area (Å²) in [7, 11) is 3.23. The highest BCUT2D eigenvalue weighted by molar-refractivity contribution is 7.11. The largest absolute Gasteiger partial charge is 0.493 e. The summed E-state index contributed by atoms with van der Waals surface area (Å²) < 4.78 is 16.7. The fraction of sp³-hybridized carbons (Fsp3) is 0.455. The van der Waals surface area contributed by atoms with Gasteiger partial charge in [0, 0.05) is 35.1 Å². The maximum atomic E-state index is 13.9. The number of ether oxygens (including phenoxy) is 3. The van der Waals surface area contributed by atoms with Crippen LogP contribution in [-0.2, 0) is 22.5 Å². The Morgan fingerprint density at radius 3 is 2.40 bits per heavy atom. The zero-order valence-electron chi connectivity index (χ0n) is 25.4.